The maximum Gasteiger partial charge on any atom is 0.185 e. The van der Waals surface area contributed by atoms with E-state index in [9.17, 15) is 0 Å². The van der Waals surface area contributed by atoms with Crippen molar-refractivity contribution in [2.75, 3.05) is 31.6 Å². The Morgan fingerprint density at radius 2 is 2.35 bits per heavy atom. The standard InChI is InChI=1S/C12H22N4S/c1-3-10-9-15(2)5-4-6-16(10)12-14-8-11(7-13)17-12/h8,10H,3-7,9,13H2,1-2H3. The number of nitrogens with zero attached hydrogens (tertiary/aromatic N) is 3. The maximum atomic E-state index is 5.66. The molecule has 1 unspecified atom stereocenters. The van der Waals surface area contributed by atoms with E-state index in [1.807, 2.05) is 6.20 Å². The van der Waals surface area contributed by atoms with E-state index in [0.29, 0.717) is 12.6 Å². The second-order valence-corrected chi connectivity index (χ2v) is 5.78. The molecule has 17 heavy (non-hydrogen) atoms. The quantitative estimate of drug-likeness (QED) is 0.888. The van der Waals surface area contributed by atoms with Crippen molar-refractivity contribution in [3.63, 3.8) is 0 Å². The molecule has 2 N–H and O–H groups in total. The number of hydrogen-bond acceptors (Lipinski definition) is 5. The molecule has 2 rings (SSSR count). The molecule has 2 heterocycles. The van der Waals surface area contributed by atoms with Gasteiger partial charge in [0, 0.05) is 36.8 Å². The van der Waals surface area contributed by atoms with Gasteiger partial charge in [-0.15, -0.1) is 11.3 Å². The molecule has 1 fully saturated rings. The summed E-state index contributed by atoms with van der Waals surface area (Å²) in [5.41, 5.74) is 5.66. The first kappa shape index (κ1) is 12.8. The molecule has 1 aromatic heterocycles. The minimum absolute atomic E-state index is 0.583. The van der Waals surface area contributed by atoms with E-state index < -0.39 is 0 Å². The van der Waals surface area contributed by atoms with Crippen LogP contribution in [-0.2, 0) is 6.54 Å². The summed E-state index contributed by atoms with van der Waals surface area (Å²) in [6, 6.07) is 0.583. The van der Waals surface area contributed by atoms with E-state index in [4.69, 9.17) is 5.73 Å². The average molecular weight is 254 g/mol. The van der Waals surface area contributed by atoms with Crippen LogP contribution >= 0.6 is 11.3 Å². The van der Waals surface area contributed by atoms with Crippen LogP contribution < -0.4 is 10.6 Å². The van der Waals surface area contributed by atoms with Gasteiger partial charge in [0.05, 0.1) is 0 Å². The molecule has 1 aliphatic heterocycles. The lowest BCUT2D eigenvalue weighted by Crippen LogP contribution is -2.39. The summed E-state index contributed by atoms with van der Waals surface area (Å²) < 4.78 is 0. The largest absolute Gasteiger partial charge is 0.344 e. The Morgan fingerprint density at radius 1 is 1.53 bits per heavy atom. The third-order valence-electron chi connectivity index (χ3n) is 3.36. The van der Waals surface area contributed by atoms with Crippen molar-refractivity contribution < 1.29 is 0 Å². The van der Waals surface area contributed by atoms with Crippen LogP contribution in [0.5, 0.6) is 0 Å². The maximum absolute atomic E-state index is 5.66. The van der Waals surface area contributed by atoms with Crippen molar-refractivity contribution in [1.82, 2.24) is 9.88 Å². The molecule has 0 radical (unpaired) electrons. The second-order valence-electron chi connectivity index (χ2n) is 4.68. The second kappa shape index (κ2) is 5.80. The molecular formula is C12H22N4S. The van der Waals surface area contributed by atoms with Gasteiger partial charge in [0.1, 0.15) is 0 Å². The van der Waals surface area contributed by atoms with Gasteiger partial charge in [-0.05, 0) is 26.4 Å². The third-order valence-corrected chi connectivity index (χ3v) is 4.42. The first-order chi connectivity index (χ1) is 8.24. The van der Waals surface area contributed by atoms with E-state index >= 15 is 0 Å². The van der Waals surface area contributed by atoms with Crippen molar-refractivity contribution in [2.45, 2.75) is 32.4 Å². The zero-order chi connectivity index (χ0) is 12.3. The molecule has 4 nitrogen and oxygen atoms in total. The highest BCUT2D eigenvalue weighted by atomic mass is 32.1. The Balaban J connectivity index is 2.15. The van der Waals surface area contributed by atoms with E-state index in [-0.39, 0.29) is 0 Å². The summed E-state index contributed by atoms with van der Waals surface area (Å²) in [6.07, 6.45) is 4.30. The third kappa shape index (κ3) is 2.97. The van der Waals surface area contributed by atoms with Gasteiger partial charge in [0.15, 0.2) is 5.13 Å². The lowest BCUT2D eigenvalue weighted by molar-refractivity contribution is 0.328. The first-order valence-corrected chi connectivity index (χ1v) is 7.16. The molecule has 0 spiro atoms. The Bertz CT molecular complexity index is 352. The number of anilines is 1. The van der Waals surface area contributed by atoms with Crippen molar-refractivity contribution >= 4 is 16.5 Å². The summed E-state index contributed by atoms with van der Waals surface area (Å²) in [4.78, 5) is 10.6. The van der Waals surface area contributed by atoms with Crippen molar-refractivity contribution in [3.8, 4) is 0 Å². The highest BCUT2D eigenvalue weighted by molar-refractivity contribution is 7.15. The zero-order valence-corrected chi connectivity index (χ0v) is 11.5. The predicted molar refractivity (Wildman–Crippen MR) is 73.5 cm³/mol. The Labute approximate surface area is 107 Å². The van der Waals surface area contributed by atoms with Gasteiger partial charge in [-0.25, -0.2) is 4.98 Å². The first-order valence-electron chi connectivity index (χ1n) is 6.34. The van der Waals surface area contributed by atoms with E-state index in [1.165, 1.54) is 24.3 Å². The predicted octanol–water partition coefficient (Wildman–Crippen LogP) is 1.52. The van der Waals surface area contributed by atoms with Crippen LogP contribution in [0.25, 0.3) is 0 Å². The van der Waals surface area contributed by atoms with Crippen LogP contribution in [0.2, 0.25) is 0 Å². The van der Waals surface area contributed by atoms with Crippen LogP contribution in [0.4, 0.5) is 5.13 Å². The number of hydrogen-bond donors (Lipinski definition) is 1. The van der Waals surface area contributed by atoms with E-state index in [1.54, 1.807) is 11.3 Å². The number of nitrogens with two attached hydrogens (primary N) is 1. The summed E-state index contributed by atoms with van der Waals surface area (Å²) in [6.45, 7) is 6.28. The lowest BCUT2D eigenvalue weighted by atomic mass is 10.2. The number of aromatic nitrogens is 1. The van der Waals surface area contributed by atoms with Crippen molar-refractivity contribution in [2.24, 2.45) is 5.73 Å². The number of thiazole rings is 1. The smallest absolute Gasteiger partial charge is 0.185 e. The fourth-order valence-corrected chi connectivity index (χ4v) is 3.26. The van der Waals surface area contributed by atoms with Gasteiger partial charge in [0.2, 0.25) is 0 Å². The van der Waals surface area contributed by atoms with Crippen LogP contribution in [0.3, 0.4) is 0 Å². The highest BCUT2D eigenvalue weighted by Crippen LogP contribution is 2.26. The molecule has 1 aromatic rings. The molecule has 0 aromatic carbocycles. The molecule has 1 atom stereocenters. The highest BCUT2D eigenvalue weighted by Gasteiger charge is 2.24. The van der Waals surface area contributed by atoms with Gasteiger partial charge in [-0.1, -0.05) is 6.92 Å². The van der Waals surface area contributed by atoms with Crippen LogP contribution in [0.15, 0.2) is 6.20 Å². The van der Waals surface area contributed by atoms with E-state index in [2.05, 4.69) is 28.8 Å². The summed E-state index contributed by atoms with van der Waals surface area (Å²) in [5, 5.41) is 1.15. The SMILES string of the molecule is CCC1CN(C)CCCN1c1ncc(CN)s1. The van der Waals surface area contributed by atoms with Gasteiger partial charge in [-0.2, -0.15) is 0 Å². The molecule has 1 saturated heterocycles. The Kier molecular flexibility index (Phi) is 4.36. The van der Waals surface area contributed by atoms with E-state index in [0.717, 1.165) is 18.2 Å². The van der Waals surface area contributed by atoms with Crippen molar-refractivity contribution in [3.05, 3.63) is 11.1 Å². The van der Waals surface area contributed by atoms with Crippen LogP contribution in [-0.4, -0.2) is 42.6 Å². The van der Waals surface area contributed by atoms with Crippen LogP contribution in [0.1, 0.15) is 24.6 Å². The van der Waals surface area contributed by atoms with Gasteiger partial charge in [0.25, 0.3) is 0 Å². The lowest BCUT2D eigenvalue weighted by Gasteiger charge is -2.29. The molecule has 5 heteroatoms. The molecule has 1 aliphatic rings. The molecule has 0 amide bonds. The topological polar surface area (TPSA) is 45.4 Å². The summed E-state index contributed by atoms with van der Waals surface area (Å²) >= 11 is 1.74. The average Bonchev–Trinajstić information content (AvgIpc) is 2.73. The van der Waals surface area contributed by atoms with Crippen molar-refractivity contribution in [1.29, 1.82) is 0 Å². The molecule has 0 aliphatic carbocycles. The van der Waals surface area contributed by atoms with Gasteiger partial charge < -0.3 is 15.5 Å². The monoisotopic (exact) mass is 254 g/mol. The summed E-state index contributed by atoms with van der Waals surface area (Å²) in [5.74, 6) is 0. The Morgan fingerprint density at radius 3 is 3.00 bits per heavy atom. The summed E-state index contributed by atoms with van der Waals surface area (Å²) in [7, 11) is 2.21. The zero-order valence-electron chi connectivity index (χ0n) is 10.7. The minimum Gasteiger partial charge on any atom is -0.344 e. The van der Waals surface area contributed by atoms with Crippen LogP contribution in [0, 0.1) is 0 Å². The Hall–Kier alpha value is -0.650. The molecule has 96 valence electrons. The number of rotatable bonds is 3. The van der Waals surface area contributed by atoms with Gasteiger partial charge >= 0.3 is 0 Å². The molecule has 0 saturated carbocycles. The molecular weight excluding hydrogens is 232 g/mol. The fourth-order valence-electron chi connectivity index (χ4n) is 2.37. The minimum atomic E-state index is 0.583. The number of likely N-dealkylation sites (N-methyl/N-ethyl adjacent to an activating group) is 1. The van der Waals surface area contributed by atoms with Gasteiger partial charge in [-0.3, -0.25) is 0 Å². The molecule has 0 bridgehead atoms. The fraction of sp³-hybridized carbons (Fsp3) is 0.750. The normalized spacial score (nSPS) is 22.8.